The highest BCUT2D eigenvalue weighted by Crippen LogP contribution is 2.31. The summed E-state index contributed by atoms with van der Waals surface area (Å²) in [7, 11) is 3.99. The average Bonchev–Trinajstić information content (AvgIpc) is 2.77. The quantitative estimate of drug-likeness (QED) is 0.874. The van der Waals surface area contributed by atoms with Gasteiger partial charge in [-0.25, -0.2) is 4.39 Å². The van der Waals surface area contributed by atoms with Crippen LogP contribution in [0.4, 0.5) is 4.39 Å². The van der Waals surface area contributed by atoms with E-state index >= 15 is 0 Å². The Morgan fingerprint density at radius 3 is 2.81 bits per heavy atom. The third-order valence-corrected chi connectivity index (χ3v) is 4.12. The van der Waals surface area contributed by atoms with Crippen LogP contribution in [0.3, 0.4) is 0 Å². The molecule has 1 aromatic heterocycles. The first-order valence-corrected chi connectivity index (χ1v) is 7.63. The van der Waals surface area contributed by atoms with Crippen molar-refractivity contribution in [3.63, 3.8) is 0 Å². The minimum Gasteiger partial charge on any atom is -0.319 e. The second-order valence-corrected chi connectivity index (χ2v) is 6.31. The number of hydrogen-bond acceptors (Lipinski definition) is 3. The number of nitrogens with two attached hydrogens (primary N) is 1. The van der Waals surface area contributed by atoms with Gasteiger partial charge in [0.15, 0.2) is 0 Å². The standard InChI is InChI=1S/C14H17BrClFN4/c1-20(2)5-6-21-14(11(15)8-19-21)13(18)10-4-3-9(17)7-12(10)16/h3-4,7-8,13H,5-6,18H2,1-2H3. The van der Waals surface area contributed by atoms with E-state index in [9.17, 15) is 4.39 Å². The van der Waals surface area contributed by atoms with Gasteiger partial charge in [0, 0.05) is 11.6 Å². The van der Waals surface area contributed by atoms with Crippen molar-refractivity contribution >= 4 is 27.5 Å². The molecule has 7 heteroatoms. The summed E-state index contributed by atoms with van der Waals surface area (Å²) >= 11 is 9.57. The molecule has 0 saturated carbocycles. The molecule has 0 saturated heterocycles. The highest BCUT2D eigenvalue weighted by atomic mass is 79.9. The molecular weight excluding hydrogens is 359 g/mol. The Hall–Kier alpha value is -0.950. The number of aromatic nitrogens is 2. The van der Waals surface area contributed by atoms with Crippen molar-refractivity contribution in [2.75, 3.05) is 20.6 Å². The van der Waals surface area contributed by atoms with Gasteiger partial charge in [-0.1, -0.05) is 17.7 Å². The molecule has 114 valence electrons. The third kappa shape index (κ3) is 3.83. The first kappa shape index (κ1) is 16.4. The Morgan fingerprint density at radius 1 is 1.48 bits per heavy atom. The summed E-state index contributed by atoms with van der Waals surface area (Å²) in [5.41, 5.74) is 7.80. The van der Waals surface area contributed by atoms with Crippen LogP contribution in [0, 0.1) is 5.82 Å². The number of halogens is 3. The van der Waals surface area contributed by atoms with Gasteiger partial charge in [0.05, 0.1) is 29.0 Å². The second-order valence-electron chi connectivity index (χ2n) is 5.05. The minimum absolute atomic E-state index is 0.315. The fourth-order valence-corrected chi connectivity index (χ4v) is 2.88. The molecule has 0 aliphatic heterocycles. The molecule has 0 aliphatic rings. The van der Waals surface area contributed by atoms with Crippen molar-refractivity contribution in [3.05, 3.63) is 51.0 Å². The molecule has 2 rings (SSSR count). The molecule has 1 unspecified atom stereocenters. The van der Waals surface area contributed by atoms with E-state index in [1.165, 1.54) is 12.1 Å². The fraction of sp³-hybridized carbons (Fsp3) is 0.357. The van der Waals surface area contributed by atoms with Crippen molar-refractivity contribution in [2.45, 2.75) is 12.6 Å². The predicted molar refractivity (Wildman–Crippen MR) is 85.9 cm³/mol. The third-order valence-electron chi connectivity index (χ3n) is 3.18. The summed E-state index contributed by atoms with van der Waals surface area (Å²) in [5.74, 6) is -0.379. The lowest BCUT2D eigenvalue weighted by Gasteiger charge is -2.18. The molecule has 0 aliphatic carbocycles. The van der Waals surface area contributed by atoms with Gasteiger partial charge in [0.25, 0.3) is 0 Å². The molecule has 2 aromatic rings. The Balaban J connectivity index is 2.34. The first-order chi connectivity index (χ1) is 9.90. The molecule has 0 spiro atoms. The maximum atomic E-state index is 13.2. The van der Waals surface area contributed by atoms with E-state index in [4.69, 9.17) is 17.3 Å². The van der Waals surface area contributed by atoms with E-state index in [0.717, 1.165) is 16.7 Å². The number of nitrogens with zero attached hydrogens (tertiary/aromatic N) is 3. The topological polar surface area (TPSA) is 47.1 Å². The molecule has 0 radical (unpaired) electrons. The molecule has 4 nitrogen and oxygen atoms in total. The highest BCUT2D eigenvalue weighted by molar-refractivity contribution is 9.10. The van der Waals surface area contributed by atoms with Gasteiger partial charge in [-0.2, -0.15) is 5.10 Å². The van der Waals surface area contributed by atoms with E-state index in [0.29, 0.717) is 17.1 Å². The lowest BCUT2D eigenvalue weighted by Crippen LogP contribution is -2.23. The first-order valence-electron chi connectivity index (χ1n) is 6.46. The van der Waals surface area contributed by atoms with Crippen LogP contribution in [0.25, 0.3) is 0 Å². The van der Waals surface area contributed by atoms with Crippen molar-refractivity contribution in [2.24, 2.45) is 5.73 Å². The van der Waals surface area contributed by atoms with Crippen LogP contribution in [-0.4, -0.2) is 35.3 Å². The lowest BCUT2D eigenvalue weighted by molar-refractivity contribution is 0.368. The van der Waals surface area contributed by atoms with E-state index in [1.807, 2.05) is 18.8 Å². The molecule has 0 amide bonds. The van der Waals surface area contributed by atoms with Crippen molar-refractivity contribution in [1.29, 1.82) is 0 Å². The zero-order valence-corrected chi connectivity index (χ0v) is 14.2. The van der Waals surface area contributed by atoms with Crippen LogP contribution in [0.2, 0.25) is 5.02 Å². The predicted octanol–water partition coefficient (Wildman–Crippen LogP) is 3.05. The number of benzene rings is 1. The van der Waals surface area contributed by atoms with Gasteiger partial charge in [-0.3, -0.25) is 4.68 Å². The molecule has 2 N–H and O–H groups in total. The molecule has 0 fully saturated rings. The summed E-state index contributed by atoms with van der Waals surface area (Å²) in [6, 6.07) is 3.76. The van der Waals surface area contributed by atoms with Gasteiger partial charge in [-0.05, 0) is 47.7 Å². The maximum Gasteiger partial charge on any atom is 0.124 e. The smallest absolute Gasteiger partial charge is 0.124 e. The summed E-state index contributed by atoms with van der Waals surface area (Å²) in [5, 5.41) is 4.64. The van der Waals surface area contributed by atoms with Gasteiger partial charge in [0.2, 0.25) is 0 Å². The zero-order valence-electron chi connectivity index (χ0n) is 11.9. The monoisotopic (exact) mass is 374 g/mol. The van der Waals surface area contributed by atoms with E-state index < -0.39 is 6.04 Å². The van der Waals surface area contributed by atoms with Gasteiger partial charge in [-0.15, -0.1) is 0 Å². The van der Waals surface area contributed by atoms with E-state index in [2.05, 4.69) is 25.9 Å². The van der Waals surface area contributed by atoms with Gasteiger partial charge < -0.3 is 10.6 Å². The van der Waals surface area contributed by atoms with Crippen LogP contribution in [0.5, 0.6) is 0 Å². The van der Waals surface area contributed by atoms with Gasteiger partial charge >= 0.3 is 0 Å². The van der Waals surface area contributed by atoms with Crippen LogP contribution in [0.1, 0.15) is 17.3 Å². The normalized spacial score (nSPS) is 12.9. The largest absolute Gasteiger partial charge is 0.319 e. The van der Waals surface area contributed by atoms with Crippen molar-refractivity contribution in [1.82, 2.24) is 14.7 Å². The zero-order chi connectivity index (χ0) is 15.6. The Bertz CT molecular complexity index is 629. The van der Waals surface area contributed by atoms with Crippen LogP contribution < -0.4 is 5.73 Å². The minimum atomic E-state index is -0.475. The highest BCUT2D eigenvalue weighted by Gasteiger charge is 2.20. The number of rotatable bonds is 5. The molecular formula is C14H17BrClFN4. The Kier molecular flexibility index (Phi) is 5.37. The van der Waals surface area contributed by atoms with Crippen LogP contribution in [0.15, 0.2) is 28.9 Å². The summed E-state index contributed by atoms with van der Waals surface area (Å²) in [6.45, 7) is 1.55. The summed E-state index contributed by atoms with van der Waals surface area (Å²) in [4.78, 5) is 2.07. The maximum absolute atomic E-state index is 13.2. The molecule has 1 atom stereocenters. The van der Waals surface area contributed by atoms with Gasteiger partial charge in [0.1, 0.15) is 5.82 Å². The summed E-state index contributed by atoms with van der Waals surface area (Å²) < 4.78 is 15.8. The van der Waals surface area contributed by atoms with Crippen LogP contribution in [-0.2, 0) is 6.54 Å². The number of hydrogen-bond donors (Lipinski definition) is 1. The Morgan fingerprint density at radius 2 is 2.19 bits per heavy atom. The lowest BCUT2D eigenvalue weighted by atomic mass is 10.0. The molecule has 0 bridgehead atoms. The molecule has 21 heavy (non-hydrogen) atoms. The average molecular weight is 376 g/mol. The van der Waals surface area contributed by atoms with Crippen LogP contribution >= 0.6 is 27.5 Å². The fourth-order valence-electron chi connectivity index (χ4n) is 2.06. The van der Waals surface area contributed by atoms with E-state index in [1.54, 1.807) is 12.3 Å². The SMILES string of the molecule is CN(C)CCn1ncc(Br)c1C(N)c1ccc(F)cc1Cl. The summed E-state index contributed by atoms with van der Waals surface area (Å²) in [6.07, 6.45) is 1.71. The van der Waals surface area contributed by atoms with E-state index in [-0.39, 0.29) is 5.82 Å². The molecule has 1 aromatic carbocycles. The van der Waals surface area contributed by atoms with Crippen molar-refractivity contribution in [3.8, 4) is 0 Å². The Labute approximate surface area is 136 Å². The second kappa shape index (κ2) is 6.87. The number of likely N-dealkylation sites (N-methyl/N-ethyl adjacent to an activating group) is 1. The molecule has 1 heterocycles. The van der Waals surface area contributed by atoms with Crippen molar-refractivity contribution < 1.29 is 4.39 Å².